The van der Waals surface area contributed by atoms with Gasteiger partial charge in [-0.2, -0.15) is 0 Å². The number of benzene rings is 2. The Kier molecular flexibility index (Phi) is 5.19. The van der Waals surface area contributed by atoms with E-state index in [1.165, 1.54) is 0 Å². The number of sulfonamides is 1. The molecule has 2 aromatic rings. The summed E-state index contributed by atoms with van der Waals surface area (Å²) >= 11 is 0. The maximum Gasteiger partial charge on any atom is 0.261 e. The van der Waals surface area contributed by atoms with Crippen molar-refractivity contribution >= 4 is 21.8 Å². The number of nitrogens with one attached hydrogen (secondary N) is 1. The summed E-state index contributed by atoms with van der Waals surface area (Å²) in [4.78, 5) is 0.234. The lowest BCUT2D eigenvalue weighted by atomic mass is 10.1. The summed E-state index contributed by atoms with van der Waals surface area (Å²) in [5, 5.41) is 0. The average molecular weight is 325 g/mol. The van der Waals surface area contributed by atoms with E-state index in [1.54, 1.807) is 54.6 Å². The van der Waals surface area contributed by atoms with Crippen LogP contribution in [0.5, 0.6) is 0 Å². The number of anilines is 1. The molecule has 2 aromatic carbocycles. The van der Waals surface area contributed by atoms with E-state index in [0.717, 1.165) is 16.7 Å². The van der Waals surface area contributed by atoms with Gasteiger partial charge in [-0.15, -0.1) is 0 Å². The van der Waals surface area contributed by atoms with E-state index in [4.69, 9.17) is 0 Å². The SMILES string of the molecule is C=CC(=C)/C=C\c1ccccc1NS(=O)(=O)c1ccc(C)cc1. The molecule has 0 fully saturated rings. The van der Waals surface area contributed by atoms with Crippen LogP contribution < -0.4 is 4.72 Å². The Morgan fingerprint density at radius 3 is 2.39 bits per heavy atom. The minimum Gasteiger partial charge on any atom is -0.279 e. The van der Waals surface area contributed by atoms with Crippen molar-refractivity contribution < 1.29 is 8.42 Å². The summed E-state index contributed by atoms with van der Waals surface area (Å²) in [6.45, 7) is 9.36. The molecule has 0 aliphatic heterocycles. The van der Waals surface area contributed by atoms with Gasteiger partial charge in [-0.05, 0) is 36.3 Å². The zero-order valence-corrected chi connectivity index (χ0v) is 13.8. The molecule has 0 saturated heterocycles. The third kappa shape index (κ3) is 4.44. The van der Waals surface area contributed by atoms with Gasteiger partial charge in [-0.1, -0.05) is 67.3 Å². The smallest absolute Gasteiger partial charge is 0.261 e. The number of hydrogen-bond donors (Lipinski definition) is 1. The summed E-state index contributed by atoms with van der Waals surface area (Å²) in [5.41, 5.74) is 3.03. The first-order chi connectivity index (χ1) is 10.9. The fourth-order valence-corrected chi connectivity index (χ4v) is 3.01. The van der Waals surface area contributed by atoms with Gasteiger partial charge in [0.25, 0.3) is 10.0 Å². The zero-order valence-electron chi connectivity index (χ0n) is 13.0. The van der Waals surface area contributed by atoms with Crippen LogP contribution in [0.2, 0.25) is 0 Å². The maximum absolute atomic E-state index is 12.5. The minimum absolute atomic E-state index is 0.234. The molecule has 4 heteroatoms. The third-order valence-corrected chi connectivity index (χ3v) is 4.66. The van der Waals surface area contributed by atoms with Crippen molar-refractivity contribution in [3.05, 3.63) is 90.5 Å². The van der Waals surface area contributed by atoms with Crippen LogP contribution in [0.3, 0.4) is 0 Å². The Morgan fingerprint density at radius 1 is 1.09 bits per heavy atom. The van der Waals surface area contributed by atoms with Crippen molar-refractivity contribution in [3.8, 4) is 0 Å². The molecular weight excluding hydrogens is 306 g/mol. The van der Waals surface area contributed by atoms with Gasteiger partial charge in [0.1, 0.15) is 0 Å². The van der Waals surface area contributed by atoms with Crippen LogP contribution in [-0.2, 0) is 10.0 Å². The zero-order chi connectivity index (χ0) is 16.9. The first-order valence-corrected chi connectivity index (χ1v) is 8.58. The van der Waals surface area contributed by atoms with E-state index < -0.39 is 10.0 Å². The molecule has 1 N–H and O–H groups in total. The summed E-state index contributed by atoms with van der Waals surface area (Å²) in [5.74, 6) is 0. The van der Waals surface area contributed by atoms with Crippen molar-refractivity contribution in [2.24, 2.45) is 0 Å². The molecule has 0 saturated carbocycles. The van der Waals surface area contributed by atoms with E-state index >= 15 is 0 Å². The molecule has 0 amide bonds. The van der Waals surface area contributed by atoms with Crippen LogP contribution >= 0.6 is 0 Å². The van der Waals surface area contributed by atoms with Crippen LogP contribution in [0.1, 0.15) is 11.1 Å². The Labute approximate surface area is 137 Å². The van der Waals surface area contributed by atoms with Crippen LogP contribution in [0.15, 0.2) is 84.3 Å². The van der Waals surface area contributed by atoms with E-state index in [1.807, 2.05) is 19.1 Å². The number of allylic oxidation sites excluding steroid dienone is 3. The summed E-state index contributed by atoms with van der Waals surface area (Å²) in [6.07, 6.45) is 5.22. The molecule has 0 unspecified atom stereocenters. The van der Waals surface area contributed by atoms with Crippen molar-refractivity contribution in [2.75, 3.05) is 4.72 Å². The van der Waals surface area contributed by atoms with Gasteiger partial charge < -0.3 is 0 Å². The summed E-state index contributed by atoms with van der Waals surface area (Å²) in [7, 11) is -3.62. The monoisotopic (exact) mass is 325 g/mol. The molecule has 0 radical (unpaired) electrons. The standard InChI is InChI=1S/C19H19NO2S/c1-4-15(2)9-12-17-7-5-6-8-19(17)20-23(21,22)18-13-10-16(3)11-14-18/h4-14,20H,1-2H2,3H3/b12-9-. The minimum atomic E-state index is -3.62. The number of rotatable bonds is 6. The fourth-order valence-electron chi connectivity index (χ4n) is 1.92. The van der Waals surface area contributed by atoms with Crippen LogP contribution in [0.4, 0.5) is 5.69 Å². The van der Waals surface area contributed by atoms with Crippen molar-refractivity contribution in [1.82, 2.24) is 0 Å². The normalized spacial score (nSPS) is 11.3. The van der Waals surface area contributed by atoms with Gasteiger partial charge in [0.05, 0.1) is 10.6 Å². The van der Waals surface area contributed by atoms with E-state index in [-0.39, 0.29) is 4.90 Å². The molecule has 0 heterocycles. The predicted molar refractivity (Wildman–Crippen MR) is 96.8 cm³/mol. The highest BCUT2D eigenvalue weighted by Crippen LogP contribution is 2.22. The first kappa shape index (κ1) is 16.8. The number of aryl methyl sites for hydroxylation is 1. The highest BCUT2D eigenvalue weighted by atomic mass is 32.2. The second-order valence-corrected chi connectivity index (χ2v) is 6.80. The molecule has 0 spiro atoms. The third-order valence-electron chi connectivity index (χ3n) is 3.28. The van der Waals surface area contributed by atoms with E-state index in [2.05, 4.69) is 17.9 Å². The van der Waals surface area contributed by atoms with Crippen molar-refractivity contribution in [2.45, 2.75) is 11.8 Å². The second kappa shape index (κ2) is 7.11. The maximum atomic E-state index is 12.5. The van der Waals surface area contributed by atoms with Gasteiger partial charge in [0.15, 0.2) is 0 Å². The Morgan fingerprint density at radius 2 is 1.74 bits per heavy atom. The van der Waals surface area contributed by atoms with Gasteiger partial charge in [-0.3, -0.25) is 4.72 Å². The highest BCUT2D eigenvalue weighted by Gasteiger charge is 2.14. The van der Waals surface area contributed by atoms with Gasteiger partial charge in [-0.25, -0.2) is 8.42 Å². The molecule has 118 valence electrons. The molecule has 0 aliphatic rings. The number of para-hydroxylation sites is 1. The molecule has 0 aromatic heterocycles. The number of hydrogen-bond acceptors (Lipinski definition) is 2. The Hall–Kier alpha value is -2.59. The quantitative estimate of drug-likeness (QED) is 0.792. The molecule has 3 nitrogen and oxygen atoms in total. The van der Waals surface area contributed by atoms with Crippen LogP contribution in [0, 0.1) is 6.92 Å². The lowest BCUT2D eigenvalue weighted by molar-refractivity contribution is 0.601. The van der Waals surface area contributed by atoms with Gasteiger partial charge in [0, 0.05) is 0 Å². The van der Waals surface area contributed by atoms with Crippen LogP contribution in [-0.4, -0.2) is 8.42 Å². The van der Waals surface area contributed by atoms with E-state index in [9.17, 15) is 8.42 Å². The largest absolute Gasteiger partial charge is 0.279 e. The lowest BCUT2D eigenvalue weighted by Crippen LogP contribution is -2.13. The summed E-state index contributed by atoms with van der Waals surface area (Å²) in [6, 6.07) is 13.9. The molecular formula is C19H19NO2S. The molecule has 0 aliphatic carbocycles. The summed E-state index contributed by atoms with van der Waals surface area (Å²) < 4.78 is 27.6. The van der Waals surface area contributed by atoms with Crippen molar-refractivity contribution in [1.29, 1.82) is 0 Å². The van der Waals surface area contributed by atoms with Gasteiger partial charge >= 0.3 is 0 Å². The van der Waals surface area contributed by atoms with E-state index in [0.29, 0.717) is 5.69 Å². The molecule has 0 atom stereocenters. The molecule has 2 rings (SSSR count). The lowest BCUT2D eigenvalue weighted by Gasteiger charge is -2.11. The first-order valence-electron chi connectivity index (χ1n) is 7.10. The van der Waals surface area contributed by atoms with Gasteiger partial charge in [0.2, 0.25) is 0 Å². The highest BCUT2D eigenvalue weighted by molar-refractivity contribution is 7.92. The average Bonchev–Trinajstić information content (AvgIpc) is 2.53. The Bertz CT molecular complexity index is 847. The van der Waals surface area contributed by atoms with Crippen LogP contribution in [0.25, 0.3) is 6.08 Å². The van der Waals surface area contributed by atoms with Crippen molar-refractivity contribution in [3.63, 3.8) is 0 Å². The predicted octanol–water partition coefficient (Wildman–Crippen LogP) is 4.55. The fraction of sp³-hybridized carbons (Fsp3) is 0.0526. The Balaban J connectivity index is 2.32. The molecule has 23 heavy (non-hydrogen) atoms. The molecule has 0 bridgehead atoms. The topological polar surface area (TPSA) is 46.2 Å². The second-order valence-electron chi connectivity index (χ2n) is 5.12.